The van der Waals surface area contributed by atoms with E-state index in [2.05, 4.69) is 60.7 Å². The predicted octanol–water partition coefficient (Wildman–Crippen LogP) is 8.00. The Balaban J connectivity index is 1.24. The smallest absolute Gasteiger partial charge is 0.303 e. The van der Waals surface area contributed by atoms with Crippen molar-refractivity contribution in [3.8, 4) is 0 Å². The number of amides is 1. The minimum absolute atomic E-state index is 0.180. The van der Waals surface area contributed by atoms with Crippen molar-refractivity contribution in [3.05, 3.63) is 0 Å². The number of rotatable bonds is 17. The molecule has 0 saturated heterocycles. The summed E-state index contributed by atoms with van der Waals surface area (Å²) in [5.41, 5.74) is -1.08. The molecule has 19 atom stereocenters. The first-order valence-electron chi connectivity index (χ1n) is 26.9. The maximum atomic E-state index is 13.0. The van der Waals surface area contributed by atoms with Gasteiger partial charge in [0, 0.05) is 48.5 Å². The normalized spacial score (nSPS) is 40.2. The van der Waals surface area contributed by atoms with Crippen molar-refractivity contribution in [3.63, 3.8) is 0 Å². The van der Waals surface area contributed by atoms with E-state index in [-0.39, 0.29) is 28.6 Å². The Hall–Kier alpha value is -3.79. The Morgan fingerprint density at radius 2 is 1.18 bits per heavy atom. The van der Waals surface area contributed by atoms with E-state index in [9.17, 15) is 38.7 Å². The number of ether oxygens (including phenoxy) is 7. The molecule has 408 valence electrons. The molecule has 6 aliphatic rings. The lowest BCUT2D eigenvalue weighted by atomic mass is 9.31. The molecule has 0 bridgehead atoms. The average molecular weight is 1020 g/mol. The lowest BCUT2D eigenvalue weighted by molar-refractivity contribution is -0.245. The summed E-state index contributed by atoms with van der Waals surface area (Å²) in [5, 5.41) is 15.0. The molecule has 0 radical (unpaired) electrons. The van der Waals surface area contributed by atoms with Crippen LogP contribution in [-0.2, 0) is 66.7 Å². The second kappa shape index (κ2) is 21.4. The lowest BCUT2D eigenvalue weighted by Crippen LogP contribution is -2.66. The third kappa shape index (κ3) is 11.0. The lowest BCUT2D eigenvalue weighted by Gasteiger charge is -2.73. The SMILES string of the molecule is CC(=O)NC1C(OC(C)=O)C(OC(C)=O)C(O)(COC(C)=O)C1OCC(OC(C)=O)C(OC(C)=O)C(CCC(C)C1CCC2(C)C1CCC1(C)C2CCC2C3(C)CC(C)CC(C)(C)C3CCC21C)OC(C)=O. The summed E-state index contributed by atoms with van der Waals surface area (Å²) in [4.78, 5) is 88.5. The summed E-state index contributed by atoms with van der Waals surface area (Å²) in [6.07, 6.45) is 4.30. The molecule has 0 spiro atoms. The minimum Gasteiger partial charge on any atom is -0.463 e. The second-order valence-corrected chi connectivity index (χ2v) is 25.3. The standard InChI is InChI=1S/C56H89NO15/c1-30-26-51(10,11)43-22-25-55(15)45(53(43,13)27-30)19-18-44-52(12)23-20-39(40(52)21-24-54(44,55)14)31(2)16-17-41(68-34(5)60)47(70-36(7)62)42(69-35(6)61)28-66-49-46(57-32(3)58)48(71-37(8)63)50(72-38(9)64)56(49,65)29-67-33(4)59/h30-31,39-50,65H,16-29H2,1-15H3,(H,57,58). The summed E-state index contributed by atoms with van der Waals surface area (Å²) in [6, 6.07) is -1.43. The van der Waals surface area contributed by atoms with E-state index in [1.807, 2.05) is 0 Å². The number of carbonyl (C=O) groups is 7. The van der Waals surface area contributed by atoms with Gasteiger partial charge in [0.15, 0.2) is 30.0 Å². The molecule has 0 heterocycles. The van der Waals surface area contributed by atoms with E-state index in [0.29, 0.717) is 40.9 Å². The highest BCUT2D eigenvalue weighted by Gasteiger charge is 2.71. The van der Waals surface area contributed by atoms with Gasteiger partial charge in [-0.3, -0.25) is 33.6 Å². The maximum Gasteiger partial charge on any atom is 0.303 e. The number of aliphatic hydroxyl groups is 1. The third-order valence-corrected chi connectivity index (χ3v) is 20.1. The zero-order chi connectivity index (χ0) is 53.7. The van der Waals surface area contributed by atoms with Crippen molar-refractivity contribution < 1.29 is 71.8 Å². The molecule has 6 rings (SSSR count). The van der Waals surface area contributed by atoms with Crippen molar-refractivity contribution in [2.45, 2.75) is 229 Å². The van der Waals surface area contributed by atoms with Crippen LogP contribution in [0.4, 0.5) is 0 Å². The number of hydrogen-bond donors (Lipinski definition) is 2. The second-order valence-electron chi connectivity index (χ2n) is 25.3. The van der Waals surface area contributed by atoms with Crippen LogP contribution >= 0.6 is 0 Å². The number of hydrogen-bond acceptors (Lipinski definition) is 15. The number of esters is 6. The fourth-order valence-electron chi connectivity index (χ4n) is 17.9. The largest absolute Gasteiger partial charge is 0.463 e. The molecule has 16 nitrogen and oxygen atoms in total. The molecule has 6 fully saturated rings. The molecule has 19 unspecified atom stereocenters. The van der Waals surface area contributed by atoms with E-state index in [4.69, 9.17) is 33.2 Å². The van der Waals surface area contributed by atoms with Crippen molar-refractivity contribution in [2.75, 3.05) is 13.2 Å². The van der Waals surface area contributed by atoms with Crippen LogP contribution in [0.5, 0.6) is 0 Å². The number of nitrogens with one attached hydrogen (secondary N) is 1. The van der Waals surface area contributed by atoms with Crippen LogP contribution in [0.2, 0.25) is 0 Å². The highest BCUT2D eigenvalue weighted by atomic mass is 16.6. The highest BCUT2D eigenvalue weighted by molar-refractivity contribution is 5.74. The van der Waals surface area contributed by atoms with E-state index in [0.717, 1.165) is 52.4 Å². The van der Waals surface area contributed by atoms with Crippen molar-refractivity contribution in [1.82, 2.24) is 5.32 Å². The first kappa shape index (κ1) is 57.5. The zero-order valence-corrected chi connectivity index (χ0v) is 46.1. The summed E-state index contributed by atoms with van der Waals surface area (Å²) in [5.74, 6) is -1.50. The minimum atomic E-state index is -2.47. The third-order valence-electron chi connectivity index (χ3n) is 20.1. The Morgan fingerprint density at radius 3 is 1.74 bits per heavy atom. The van der Waals surface area contributed by atoms with E-state index in [1.54, 1.807) is 0 Å². The fourth-order valence-corrected chi connectivity index (χ4v) is 17.9. The van der Waals surface area contributed by atoms with Crippen LogP contribution < -0.4 is 5.32 Å². The Bertz CT molecular complexity index is 2060. The molecule has 6 aliphatic carbocycles. The van der Waals surface area contributed by atoms with E-state index >= 15 is 0 Å². The first-order valence-corrected chi connectivity index (χ1v) is 26.9. The van der Waals surface area contributed by atoms with Crippen molar-refractivity contribution in [2.24, 2.45) is 68.5 Å². The first-order chi connectivity index (χ1) is 33.3. The summed E-state index contributed by atoms with van der Waals surface area (Å²) in [7, 11) is 0. The molecule has 16 heteroatoms. The highest BCUT2D eigenvalue weighted by Crippen LogP contribution is 2.78. The Labute approximate surface area is 428 Å². The fraction of sp³-hybridized carbons (Fsp3) is 0.875. The number of fused-ring (bicyclic) bond motifs is 7. The molecule has 0 aromatic heterocycles. The molecule has 0 aromatic rings. The van der Waals surface area contributed by atoms with Gasteiger partial charge in [-0.15, -0.1) is 0 Å². The molecule has 0 aliphatic heterocycles. The Morgan fingerprint density at radius 1 is 0.611 bits per heavy atom. The predicted molar refractivity (Wildman–Crippen MR) is 264 cm³/mol. The van der Waals surface area contributed by atoms with Gasteiger partial charge in [-0.05, 0) is 146 Å². The molecule has 72 heavy (non-hydrogen) atoms. The van der Waals surface area contributed by atoms with Crippen LogP contribution in [0.3, 0.4) is 0 Å². The zero-order valence-electron chi connectivity index (χ0n) is 46.1. The van der Waals surface area contributed by atoms with Gasteiger partial charge < -0.3 is 43.6 Å². The van der Waals surface area contributed by atoms with Crippen molar-refractivity contribution in [1.29, 1.82) is 0 Å². The number of carbonyl (C=O) groups excluding carboxylic acids is 7. The molecule has 0 aromatic carbocycles. The van der Waals surface area contributed by atoms with Gasteiger partial charge >= 0.3 is 35.8 Å². The van der Waals surface area contributed by atoms with Crippen LogP contribution in [0.1, 0.15) is 181 Å². The molecular formula is C56H89NO15. The van der Waals surface area contributed by atoms with Gasteiger partial charge in [-0.1, -0.05) is 55.4 Å². The van der Waals surface area contributed by atoms with Gasteiger partial charge in [0.1, 0.15) is 18.8 Å². The van der Waals surface area contributed by atoms with Gasteiger partial charge in [-0.25, -0.2) is 0 Å². The Kier molecular flexibility index (Phi) is 17.1. The topological polar surface area (TPSA) is 216 Å². The van der Waals surface area contributed by atoms with Gasteiger partial charge in [0.2, 0.25) is 5.91 Å². The van der Waals surface area contributed by atoms with Crippen LogP contribution in [-0.4, -0.2) is 108 Å². The van der Waals surface area contributed by atoms with E-state index < -0.39 is 103 Å². The van der Waals surface area contributed by atoms with Crippen LogP contribution in [0.15, 0.2) is 0 Å². The quantitative estimate of drug-likeness (QED) is 0.104. The molecule has 2 N–H and O–H groups in total. The van der Waals surface area contributed by atoms with Crippen LogP contribution in [0.25, 0.3) is 0 Å². The van der Waals surface area contributed by atoms with Crippen molar-refractivity contribution >= 4 is 41.7 Å². The summed E-state index contributed by atoms with van der Waals surface area (Å²) in [6.45, 7) is 26.9. The maximum absolute atomic E-state index is 13.0. The molecule has 6 saturated carbocycles. The van der Waals surface area contributed by atoms with Gasteiger partial charge in [0.25, 0.3) is 0 Å². The van der Waals surface area contributed by atoms with Gasteiger partial charge in [0.05, 0.1) is 12.6 Å². The molecular weight excluding hydrogens is 927 g/mol. The van der Waals surface area contributed by atoms with E-state index in [1.165, 1.54) is 72.1 Å². The van der Waals surface area contributed by atoms with Gasteiger partial charge in [-0.2, -0.15) is 0 Å². The molecule has 1 amide bonds. The van der Waals surface area contributed by atoms with Crippen LogP contribution in [0, 0.1) is 68.5 Å². The summed E-state index contributed by atoms with van der Waals surface area (Å²) >= 11 is 0. The average Bonchev–Trinajstić information content (AvgIpc) is 3.68. The summed E-state index contributed by atoms with van der Waals surface area (Å²) < 4.78 is 40.2. The monoisotopic (exact) mass is 1020 g/mol.